The zero-order chi connectivity index (χ0) is 16.4. The van der Waals surface area contributed by atoms with Gasteiger partial charge in [-0.05, 0) is 51.2 Å². The van der Waals surface area contributed by atoms with Crippen LogP contribution in [-0.2, 0) is 5.41 Å². The lowest BCUT2D eigenvalue weighted by Gasteiger charge is -2.40. The minimum atomic E-state index is -0.925. The molecule has 1 heterocycles. The lowest BCUT2D eigenvalue weighted by atomic mass is 9.68. The van der Waals surface area contributed by atoms with Crippen molar-refractivity contribution < 1.29 is 13.6 Å². The number of hydrogen-bond donors (Lipinski definition) is 0. The lowest BCUT2D eigenvalue weighted by molar-refractivity contribution is 0.0787. The first-order valence-corrected chi connectivity index (χ1v) is 7.77. The Kier molecular flexibility index (Phi) is 4.26. The summed E-state index contributed by atoms with van der Waals surface area (Å²) in [4.78, 5) is 15.3. The van der Waals surface area contributed by atoms with Crippen molar-refractivity contribution in [3.63, 3.8) is 0 Å². The van der Waals surface area contributed by atoms with Gasteiger partial charge >= 0.3 is 0 Å². The fourth-order valence-electron chi connectivity index (χ4n) is 3.37. The van der Waals surface area contributed by atoms with E-state index in [-0.39, 0.29) is 11.6 Å². The third-order valence-corrected chi connectivity index (χ3v) is 4.75. The molecule has 0 radical (unpaired) electrons. The van der Waals surface area contributed by atoms with Gasteiger partial charge in [0.05, 0.1) is 5.41 Å². The standard InChI is InChI=1S/C19H19F2NO/c1-22-11-9-19(10-12-22,16-7-2-3-8-17(16)21)18(23)14-5-4-6-15(20)13-14/h2-8,13H,9-12H2,1H3. The molecule has 0 bridgehead atoms. The number of piperidine rings is 1. The number of benzene rings is 2. The van der Waals surface area contributed by atoms with E-state index >= 15 is 0 Å². The van der Waals surface area contributed by atoms with Crippen LogP contribution in [0.5, 0.6) is 0 Å². The number of hydrogen-bond acceptors (Lipinski definition) is 2. The Hall–Kier alpha value is -2.07. The molecule has 1 aliphatic rings. The maximum absolute atomic E-state index is 14.4. The second-order valence-electron chi connectivity index (χ2n) is 6.20. The van der Waals surface area contributed by atoms with Gasteiger partial charge in [-0.2, -0.15) is 0 Å². The third-order valence-electron chi connectivity index (χ3n) is 4.75. The Bertz CT molecular complexity index is 721. The molecule has 2 aromatic carbocycles. The van der Waals surface area contributed by atoms with Crippen molar-refractivity contribution in [2.75, 3.05) is 20.1 Å². The lowest BCUT2D eigenvalue weighted by Crippen LogP contribution is -2.46. The summed E-state index contributed by atoms with van der Waals surface area (Å²) in [5.74, 6) is -1.02. The second kappa shape index (κ2) is 6.20. The topological polar surface area (TPSA) is 20.3 Å². The van der Waals surface area contributed by atoms with Crippen LogP contribution in [0.15, 0.2) is 48.5 Å². The highest BCUT2D eigenvalue weighted by molar-refractivity contribution is 6.04. The molecule has 4 heteroatoms. The smallest absolute Gasteiger partial charge is 0.173 e. The number of carbonyl (C=O) groups excluding carboxylic acids is 1. The number of halogens is 2. The first-order chi connectivity index (χ1) is 11.0. The number of Topliss-reactive ketones (excluding diaryl/α,β-unsaturated/α-hetero) is 1. The Labute approximate surface area is 134 Å². The normalized spacial score (nSPS) is 17.9. The van der Waals surface area contributed by atoms with Gasteiger partial charge in [-0.15, -0.1) is 0 Å². The van der Waals surface area contributed by atoms with E-state index in [0.29, 0.717) is 37.1 Å². The number of ketones is 1. The predicted molar refractivity (Wildman–Crippen MR) is 85.5 cm³/mol. The fraction of sp³-hybridized carbons (Fsp3) is 0.316. The molecule has 2 nitrogen and oxygen atoms in total. The van der Waals surface area contributed by atoms with Crippen molar-refractivity contribution in [2.45, 2.75) is 18.3 Å². The van der Waals surface area contributed by atoms with Gasteiger partial charge in [0.2, 0.25) is 0 Å². The zero-order valence-corrected chi connectivity index (χ0v) is 13.1. The van der Waals surface area contributed by atoms with Crippen molar-refractivity contribution in [3.05, 3.63) is 71.3 Å². The minimum absolute atomic E-state index is 0.199. The van der Waals surface area contributed by atoms with Crippen LogP contribution >= 0.6 is 0 Å². The van der Waals surface area contributed by atoms with E-state index < -0.39 is 11.2 Å². The van der Waals surface area contributed by atoms with Crippen LogP contribution in [0.25, 0.3) is 0 Å². The van der Waals surface area contributed by atoms with Crippen molar-refractivity contribution >= 4 is 5.78 Å². The summed E-state index contributed by atoms with van der Waals surface area (Å²) in [6.45, 7) is 1.41. The Morgan fingerprint density at radius 1 is 1.04 bits per heavy atom. The van der Waals surface area contributed by atoms with E-state index in [0.717, 1.165) is 0 Å². The van der Waals surface area contributed by atoms with Gasteiger partial charge in [-0.3, -0.25) is 4.79 Å². The summed E-state index contributed by atoms with van der Waals surface area (Å²) in [6, 6.07) is 12.1. The third kappa shape index (κ3) is 2.91. The summed E-state index contributed by atoms with van der Waals surface area (Å²) >= 11 is 0. The number of rotatable bonds is 3. The summed E-state index contributed by atoms with van der Waals surface area (Å²) in [6.07, 6.45) is 1.06. The molecule has 120 valence electrons. The SMILES string of the molecule is CN1CCC(C(=O)c2cccc(F)c2)(c2ccccc2F)CC1. The predicted octanol–water partition coefficient (Wildman–Crippen LogP) is 3.81. The molecular formula is C19H19F2NO. The molecule has 23 heavy (non-hydrogen) atoms. The van der Waals surface area contributed by atoms with E-state index in [9.17, 15) is 13.6 Å². The molecule has 3 rings (SSSR count). The molecule has 0 aliphatic carbocycles. The first kappa shape index (κ1) is 15.8. The average Bonchev–Trinajstić information content (AvgIpc) is 2.56. The van der Waals surface area contributed by atoms with Crippen LogP contribution in [0.4, 0.5) is 8.78 Å². The quantitative estimate of drug-likeness (QED) is 0.803. The van der Waals surface area contributed by atoms with Crippen LogP contribution in [0, 0.1) is 11.6 Å². The van der Waals surface area contributed by atoms with Crippen LogP contribution in [0.2, 0.25) is 0 Å². The fourth-order valence-corrected chi connectivity index (χ4v) is 3.37. The maximum atomic E-state index is 14.4. The van der Waals surface area contributed by atoms with Crippen molar-refractivity contribution in [1.82, 2.24) is 4.90 Å². The van der Waals surface area contributed by atoms with Crippen LogP contribution in [0.1, 0.15) is 28.8 Å². The average molecular weight is 315 g/mol. The van der Waals surface area contributed by atoms with Crippen molar-refractivity contribution in [3.8, 4) is 0 Å². The van der Waals surface area contributed by atoms with E-state index in [1.54, 1.807) is 24.3 Å². The van der Waals surface area contributed by atoms with Gasteiger partial charge < -0.3 is 4.90 Å². The van der Waals surface area contributed by atoms with E-state index in [1.165, 1.54) is 24.3 Å². The Morgan fingerprint density at radius 3 is 2.39 bits per heavy atom. The summed E-state index contributed by atoms with van der Waals surface area (Å²) in [5.41, 5.74) is -0.203. The molecule has 0 unspecified atom stereocenters. The van der Waals surface area contributed by atoms with Gasteiger partial charge in [-0.1, -0.05) is 30.3 Å². The van der Waals surface area contributed by atoms with Gasteiger partial charge in [0.1, 0.15) is 11.6 Å². The molecule has 2 aromatic rings. The highest BCUT2D eigenvalue weighted by Crippen LogP contribution is 2.39. The highest BCUT2D eigenvalue weighted by Gasteiger charge is 2.44. The molecule has 0 amide bonds. The summed E-state index contributed by atoms with van der Waals surface area (Å²) < 4.78 is 28.0. The molecular weight excluding hydrogens is 296 g/mol. The molecule has 1 fully saturated rings. The Balaban J connectivity index is 2.09. The molecule has 1 aliphatic heterocycles. The van der Waals surface area contributed by atoms with Gasteiger partial charge in [0, 0.05) is 11.1 Å². The number of carbonyl (C=O) groups is 1. The van der Waals surface area contributed by atoms with Gasteiger partial charge in [-0.25, -0.2) is 8.78 Å². The number of nitrogens with zero attached hydrogens (tertiary/aromatic N) is 1. The first-order valence-electron chi connectivity index (χ1n) is 7.77. The van der Waals surface area contributed by atoms with Gasteiger partial charge in [0.15, 0.2) is 5.78 Å². The van der Waals surface area contributed by atoms with Crippen LogP contribution < -0.4 is 0 Å². The van der Waals surface area contributed by atoms with E-state index in [2.05, 4.69) is 4.90 Å². The molecule has 0 atom stereocenters. The van der Waals surface area contributed by atoms with E-state index in [4.69, 9.17) is 0 Å². The summed E-state index contributed by atoms with van der Waals surface area (Å²) in [5, 5.41) is 0. The molecule has 1 saturated heterocycles. The van der Waals surface area contributed by atoms with Crippen molar-refractivity contribution in [1.29, 1.82) is 0 Å². The zero-order valence-electron chi connectivity index (χ0n) is 13.1. The summed E-state index contributed by atoms with van der Waals surface area (Å²) in [7, 11) is 1.98. The molecule has 0 saturated carbocycles. The van der Waals surface area contributed by atoms with Crippen molar-refractivity contribution in [2.24, 2.45) is 0 Å². The molecule has 0 N–H and O–H groups in total. The molecule has 0 aromatic heterocycles. The van der Waals surface area contributed by atoms with Gasteiger partial charge in [0.25, 0.3) is 0 Å². The van der Waals surface area contributed by atoms with E-state index in [1.807, 2.05) is 7.05 Å². The molecule has 0 spiro atoms. The second-order valence-corrected chi connectivity index (χ2v) is 6.20. The minimum Gasteiger partial charge on any atom is -0.306 e. The maximum Gasteiger partial charge on any atom is 0.173 e. The monoisotopic (exact) mass is 315 g/mol. The van der Waals surface area contributed by atoms with Crippen LogP contribution in [-0.4, -0.2) is 30.8 Å². The largest absolute Gasteiger partial charge is 0.306 e. The van der Waals surface area contributed by atoms with Crippen LogP contribution in [0.3, 0.4) is 0 Å². The highest BCUT2D eigenvalue weighted by atomic mass is 19.1. The number of likely N-dealkylation sites (tertiary alicyclic amines) is 1. The Morgan fingerprint density at radius 2 is 1.74 bits per heavy atom.